The van der Waals surface area contributed by atoms with Crippen molar-refractivity contribution in [2.45, 2.75) is 0 Å². The molecule has 0 saturated carbocycles. The molecule has 2 aromatic rings. The molecule has 0 fully saturated rings. The van der Waals surface area contributed by atoms with Gasteiger partial charge in [-0.05, 0) is 28.1 Å². The van der Waals surface area contributed by atoms with Gasteiger partial charge >= 0.3 is 11.9 Å². The van der Waals surface area contributed by atoms with Crippen molar-refractivity contribution in [2.75, 3.05) is 0 Å². The summed E-state index contributed by atoms with van der Waals surface area (Å²) in [5.41, 5.74) is 0.277. The number of halogens is 2. The van der Waals surface area contributed by atoms with E-state index in [1.807, 2.05) is 0 Å². The number of carboxylic acids is 1. The van der Waals surface area contributed by atoms with Gasteiger partial charge in [-0.1, -0.05) is 11.6 Å². The van der Waals surface area contributed by atoms with E-state index in [0.29, 0.717) is 0 Å². The molecule has 0 unspecified atom stereocenters. The molecular weight excluding hydrogens is 343 g/mol. The van der Waals surface area contributed by atoms with Crippen LogP contribution in [0.1, 0.15) is 10.4 Å². The molecule has 0 aliphatic rings. The summed E-state index contributed by atoms with van der Waals surface area (Å²) in [5.74, 6) is -1.72. The van der Waals surface area contributed by atoms with E-state index in [0.717, 1.165) is 4.68 Å². The fourth-order valence-electron chi connectivity index (χ4n) is 1.33. The van der Waals surface area contributed by atoms with E-state index in [-0.39, 0.29) is 21.0 Å². The lowest BCUT2D eigenvalue weighted by Gasteiger charge is -2.02. The first-order chi connectivity index (χ1) is 8.90. The van der Waals surface area contributed by atoms with Gasteiger partial charge in [-0.2, -0.15) is 0 Å². The van der Waals surface area contributed by atoms with Gasteiger partial charge in [0.15, 0.2) is 0 Å². The molecule has 2 rings (SSSR count). The van der Waals surface area contributed by atoms with Crippen molar-refractivity contribution in [2.24, 2.45) is 0 Å². The SMILES string of the molecule is O=C(O)c1ccc(-n2nc([N+](=O)[O-])nc2Br)c(Cl)c1. The summed E-state index contributed by atoms with van der Waals surface area (Å²) in [4.78, 5) is 24.2. The zero-order valence-electron chi connectivity index (χ0n) is 8.95. The molecule has 0 aliphatic carbocycles. The van der Waals surface area contributed by atoms with Crippen LogP contribution in [0.3, 0.4) is 0 Å². The van der Waals surface area contributed by atoms with Gasteiger partial charge in [-0.3, -0.25) is 0 Å². The topological polar surface area (TPSA) is 111 Å². The number of rotatable bonds is 3. The molecule has 1 aromatic heterocycles. The molecule has 0 saturated heterocycles. The Kier molecular flexibility index (Phi) is 3.49. The minimum atomic E-state index is -1.13. The molecule has 0 atom stereocenters. The Balaban J connectivity index is 2.53. The normalized spacial score (nSPS) is 10.4. The number of aromatic carboxylic acids is 1. The van der Waals surface area contributed by atoms with Gasteiger partial charge < -0.3 is 15.2 Å². The first kappa shape index (κ1) is 13.4. The smallest absolute Gasteiger partial charge is 0.478 e. The van der Waals surface area contributed by atoms with Crippen LogP contribution in [0.4, 0.5) is 5.95 Å². The maximum Gasteiger partial charge on any atom is 0.492 e. The van der Waals surface area contributed by atoms with Crippen molar-refractivity contribution in [3.63, 3.8) is 0 Å². The number of nitro groups is 1. The van der Waals surface area contributed by atoms with Crippen LogP contribution in [0.15, 0.2) is 22.9 Å². The van der Waals surface area contributed by atoms with Gasteiger partial charge in [0, 0.05) is 21.0 Å². The van der Waals surface area contributed by atoms with Crippen LogP contribution >= 0.6 is 27.5 Å². The van der Waals surface area contributed by atoms with E-state index >= 15 is 0 Å². The molecule has 1 aromatic carbocycles. The third kappa shape index (κ3) is 2.56. The maximum atomic E-state index is 10.8. The second kappa shape index (κ2) is 4.94. The lowest BCUT2D eigenvalue weighted by atomic mass is 10.2. The Morgan fingerprint density at radius 3 is 2.68 bits per heavy atom. The standard InChI is InChI=1S/C9H4BrClN4O4/c10-8-12-9(15(18)19)13-14(8)6-2-1-4(7(16)17)3-5(6)11/h1-3H,(H,16,17). The summed E-state index contributed by atoms with van der Waals surface area (Å²) >= 11 is 8.94. The summed E-state index contributed by atoms with van der Waals surface area (Å²) in [7, 11) is 0. The van der Waals surface area contributed by atoms with Gasteiger partial charge in [0.25, 0.3) is 4.73 Å². The highest BCUT2D eigenvalue weighted by Crippen LogP contribution is 2.25. The molecule has 0 radical (unpaired) electrons. The largest absolute Gasteiger partial charge is 0.492 e. The Morgan fingerprint density at radius 2 is 2.21 bits per heavy atom. The van der Waals surface area contributed by atoms with Crippen LogP contribution in [0.5, 0.6) is 0 Å². The van der Waals surface area contributed by atoms with E-state index in [1.54, 1.807) is 0 Å². The summed E-state index contributed by atoms with van der Waals surface area (Å²) in [5, 5.41) is 23.1. The van der Waals surface area contributed by atoms with E-state index in [9.17, 15) is 14.9 Å². The van der Waals surface area contributed by atoms with E-state index in [2.05, 4.69) is 26.0 Å². The Bertz CT molecular complexity index is 687. The van der Waals surface area contributed by atoms with E-state index in [4.69, 9.17) is 16.7 Å². The highest BCUT2D eigenvalue weighted by molar-refractivity contribution is 9.10. The molecule has 0 bridgehead atoms. The summed E-state index contributed by atoms with van der Waals surface area (Å²) < 4.78 is 1.19. The third-order valence-electron chi connectivity index (χ3n) is 2.14. The summed E-state index contributed by atoms with van der Waals surface area (Å²) in [6.45, 7) is 0. The number of benzene rings is 1. The monoisotopic (exact) mass is 346 g/mol. The molecule has 10 heteroatoms. The van der Waals surface area contributed by atoms with Gasteiger partial charge in [-0.15, -0.1) is 4.68 Å². The minimum Gasteiger partial charge on any atom is -0.478 e. The van der Waals surface area contributed by atoms with Gasteiger partial charge in [0.1, 0.15) is 5.69 Å². The van der Waals surface area contributed by atoms with Gasteiger partial charge in [-0.25, -0.2) is 4.79 Å². The number of carboxylic acid groups (broad SMARTS) is 1. The molecule has 1 N–H and O–H groups in total. The maximum absolute atomic E-state index is 10.8. The molecule has 19 heavy (non-hydrogen) atoms. The molecular formula is C9H4BrClN4O4. The van der Waals surface area contributed by atoms with Crippen molar-refractivity contribution < 1.29 is 14.8 Å². The second-order valence-corrected chi connectivity index (χ2v) is 4.44. The molecule has 8 nitrogen and oxygen atoms in total. The van der Waals surface area contributed by atoms with Crippen LogP contribution in [0.25, 0.3) is 5.69 Å². The zero-order valence-corrected chi connectivity index (χ0v) is 11.3. The zero-order chi connectivity index (χ0) is 14.2. The number of hydrogen-bond donors (Lipinski definition) is 1. The average molecular weight is 348 g/mol. The highest BCUT2D eigenvalue weighted by atomic mass is 79.9. The second-order valence-electron chi connectivity index (χ2n) is 3.32. The van der Waals surface area contributed by atoms with E-state index < -0.39 is 16.8 Å². The van der Waals surface area contributed by atoms with Crippen molar-refractivity contribution in [3.8, 4) is 5.69 Å². The van der Waals surface area contributed by atoms with Crippen LogP contribution in [0, 0.1) is 10.1 Å². The Morgan fingerprint density at radius 1 is 1.53 bits per heavy atom. The molecule has 0 aliphatic heterocycles. The van der Waals surface area contributed by atoms with Crippen LogP contribution < -0.4 is 0 Å². The quantitative estimate of drug-likeness (QED) is 0.673. The third-order valence-corrected chi connectivity index (χ3v) is 2.96. The van der Waals surface area contributed by atoms with Crippen LogP contribution in [0.2, 0.25) is 5.02 Å². The van der Waals surface area contributed by atoms with Gasteiger partial charge in [0.2, 0.25) is 0 Å². The molecule has 98 valence electrons. The first-order valence-electron chi connectivity index (χ1n) is 4.70. The average Bonchev–Trinajstić information content (AvgIpc) is 2.71. The predicted octanol–water partition coefficient (Wildman–Crippen LogP) is 2.29. The molecule has 0 amide bonds. The minimum absolute atomic E-state index is 0.000475. The van der Waals surface area contributed by atoms with Crippen LogP contribution in [-0.2, 0) is 0 Å². The Labute approximate surface area is 118 Å². The fraction of sp³-hybridized carbons (Fsp3) is 0. The number of hydrogen-bond acceptors (Lipinski definition) is 5. The lowest BCUT2D eigenvalue weighted by molar-refractivity contribution is -0.394. The van der Waals surface area contributed by atoms with Crippen molar-refractivity contribution in [1.29, 1.82) is 0 Å². The van der Waals surface area contributed by atoms with Crippen molar-refractivity contribution in [1.82, 2.24) is 14.8 Å². The van der Waals surface area contributed by atoms with Gasteiger partial charge in [0.05, 0.1) is 10.6 Å². The Hall–Kier alpha value is -2.00. The highest BCUT2D eigenvalue weighted by Gasteiger charge is 2.22. The predicted molar refractivity (Wildman–Crippen MR) is 67.7 cm³/mol. The molecule has 0 spiro atoms. The number of carbonyl (C=O) groups is 1. The van der Waals surface area contributed by atoms with Crippen LogP contribution in [-0.4, -0.2) is 30.8 Å². The number of aromatic nitrogens is 3. The van der Waals surface area contributed by atoms with Crippen molar-refractivity contribution in [3.05, 3.63) is 43.6 Å². The lowest BCUT2D eigenvalue weighted by Crippen LogP contribution is -2.02. The molecule has 1 heterocycles. The fourth-order valence-corrected chi connectivity index (χ4v) is 2.01. The number of nitrogens with zero attached hydrogens (tertiary/aromatic N) is 4. The summed E-state index contributed by atoms with van der Waals surface area (Å²) in [6, 6.07) is 3.91. The summed E-state index contributed by atoms with van der Waals surface area (Å²) in [6.07, 6.45) is 0. The van der Waals surface area contributed by atoms with Crippen molar-refractivity contribution >= 4 is 39.4 Å². The first-order valence-corrected chi connectivity index (χ1v) is 5.87. The van der Waals surface area contributed by atoms with E-state index in [1.165, 1.54) is 18.2 Å².